The van der Waals surface area contributed by atoms with Gasteiger partial charge in [-0.15, -0.1) is 0 Å². The number of rotatable bonds is 26. The Kier molecular flexibility index (Phi) is 26.3. The molecule has 0 heterocycles. The molecule has 0 radical (unpaired) electrons. The predicted octanol–water partition coefficient (Wildman–Crippen LogP) is 10.6. The molecule has 32 heavy (non-hydrogen) atoms. The number of carbonyl (C=O) groups is 1. The van der Waals surface area contributed by atoms with Crippen LogP contribution >= 0.6 is 0 Å². The summed E-state index contributed by atoms with van der Waals surface area (Å²) in [6, 6.07) is 0. The second-order valence-corrected chi connectivity index (χ2v) is 10.2. The fraction of sp³-hybridized carbons (Fsp3) is 0.967. The molecule has 0 saturated carbocycles. The zero-order valence-corrected chi connectivity index (χ0v) is 22.6. The van der Waals surface area contributed by atoms with Crippen molar-refractivity contribution in [3.63, 3.8) is 0 Å². The number of hydrogen-bond donors (Lipinski definition) is 0. The van der Waals surface area contributed by atoms with E-state index in [0.717, 1.165) is 25.7 Å². The quantitative estimate of drug-likeness (QED) is 0.0963. The van der Waals surface area contributed by atoms with Gasteiger partial charge in [-0.2, -0.15) is 0 Å². The third-order valence-corrected chi connectivity index (χ3v) is 6.89. The van der Waals surface area contributed by atoms with Gasteiger partial charge in [0.2, 0.25) is 0 Å². The molecule has 0 aromatic heterocycles. The van der Waals surface area contributed by atoms with Crippen LogP contribution in [0.2, 0.25) is 0 Å². The van der Waals surface area contributed by atoms with E-state index >= 15 is 0 Å². The van der Waals surface area contributed by atoms with Crippen LogP contribution < -0.4 is 0 Å². The summed E-state index contributed by atoms with van der Waals surface area (Å²) < 4.78 is 5.66. The summed E-state index contributed by atoms with van der Waals surface area (Å²) in [4.78, 5) is 12.5. The van der Waals surface area contributed by atoms with E-state index in [4.69, 9.17) is 4.74 Å². The standard InChI is InChI=1S/C30H60O2/c1-4-7-10-12-14-15-16-17-18-19-20-21-23-25-28-32-30(31)29(26-9-6-3)27-24-22-13-11-8-5-2/h29H,4-28H2,1-3H3. The predicted molar refractivity (Wildman–Crippen MR) is 142 cm³/mol. The number of carbonyl (C=O) groups excluding carboxylic acids is 1. The first kappa shape index (κ1) is 31.5. The highest BCUT2D eigenvalue weighted by atomic mass is 16.5. The molecule has 0 aliphatic rings. The third-order valence-electron chi connectivity index (χ3n) is 6.89. The zero-order valence-electron chi connectivity index (χ0n) is 22.6. The molecule has 0 N–H and O–H groups in total. The highest BCUT2D eigenvalue weighted by Crippen LogP contribution is 2.20. The normalized spacial score (nSPS) is 12.2. The van der Waals surface area contributed by atoms with Crippen molar-refractivity contribution in [2.24, 2.45) is 5.92 Å². The van der Waals surface area contributed by atoms with Gasteiger partial charge in [0.1, 0.15) is 0 Å². The Morgan fingerprint density at radius 1 is 0.469 bits per heavy atom. The van der Waals surface area contributed by atoms with Crippen LogP contribution in [0.15, 0.2) is 0 Å². The largest absolute Gasteiger partial charge is 0.465 e. The maximum atomic E-state index is 12.5. The van der Waals surface area contributed by atoms with Crippen molar-refractivity contribution in [1.29, 1.82) is 0 Å². The van der Waals surface area contributed by atoms with Gasteiger partial charge in [0.05, 0.1) is 12.5 Å². The molecule has 0 aromatic carbocycles. The van der Waals surface area contributed by atoms with Gasteiger partial charge in [-0.25, -0.2) is 0 Å². The van der Waals surface area contributed by atoms with E-state index in [1.807, 2.05) is 0 Å². The minimum absolute atomic E-state index is 0.0849. The van der Waals surface area contributed by atoms with Crippen LogP contribution in [-0.2, 0) is 9.53 Å². The van der Waals surface area contributed by atoms with E-state index < -0.39 is 0 Å². The van der Waals surface area contributed by atoms with Gasteiger partial charge in [-0.1, -0.05) is 156 Å². The van der Waals surface area contributed by atoms with Crippen LogP contribution in [0.3, 0.4) is 0 Å². The van der Waals surface area contributed by atoms with Gasteiger partial charge in [0.25, 0.3) is 0 Å². The fourth-order valence-corrected chi connectivity index (χ4v) is 4.59. The summed E-state index contributed by atoms with van der Waals surface area (Å²) in [5, 5.41) is 0. The lowest BCUT2D eigenvalue weighted by molar-refractivity contribution is -0.149. The molecule has 192 valence electrons. The molecule has 0 amide bonds. The van der Waals surface area contributed by atoms with Crippen LogP contribution in [0.1, 0.15) is 175 Å². The molecule has 0 saturated heterocycles. The zero-order chi connectivity index (χ0) is 23.5. The molecule has 2 nitrogen and oxygen atoms in total. The molecule has 1 unspecified atom stereocenters. The Labute approximate surface area is 203 Å². The maximum Gasteiger partial charge on any atom is 0.308 e. The van der Waals surface area contributed by atoms with Crippen molar-refractivity contribution >= 4 is 5.97 Å². The molecule has 0 spiro atoms. The number of esters is 1. The summed E-state index contributed by atoms with van der Waals surface area (Å²) in [5.41, 5.74) is 0. The van der Waals surface area contributed by atoms with E-state index in [-0.39, 0.29) is 11.9 Å². The van der Waals surface area contributed by atoms with Crippen molar-refractivity contribution in [2.45, 2.75) is 175 Å². The smallest absolute Gasteiger partial charge is 0.308 e. The van der Waals surface area contributed by atoms with Gasteiger partial charge in [0.15, 0.2) is 0 Å². The second-order valence-electron chi connectivity index (χ2n) is 10.2. The average Bonchev–Trinajstić information content (AvgIpc) is 2.80. The molecule has 0 bridgehead atoms. The highest BCUT2D eigenvalue weighted by Gasteiger charge is 2.18. The van der Waals surface area contributed by atoms with Crippen LogP contribution in [0, 0.1) is 5.92 Å². The molecule has 0 fully saturated rings. The number of hydrogen-bond acceptors (Lipinski definition) is 2. The lowest BCUT2D eigenvalue weighted by Crippen LogP contribution is -2.18. The molecule has 0 aliphatic heterocycles. The monoisotopic (exact) mass is 452 g/mol. The lowest BCUT2D eigenvalue weighted by atomic mass is 9.95. The summed E-state index contributed by atoms with van der Waals surface area (Å²) in [6.45, 7) is 7.39. The van der Waals surface area contributed by atoms with Crippen LogP contribution in [0.4, 0.5) is 0 Å². The van der Waals surface area contributed by atoms with Crippen LogP contribution in [-0.4, -0.2) is 12.6 Å². The van der Waals surface area contributed by atoms with E-state index in [1.165, 1.54) is 128 Å². The summed E-state index contributed by atoms with van der Waals surface area (Å²) >= 11 is 0. The van der Waals surface area contributed by atoms with Crippen LogP contribution in [0.5, 0.6) is 0 Å². The first-order valence-corrected chi connectivity index (χ1v) is 14.9. The van der Waals surface area contributed by atoms with Crippen molar-refractivity contribution in [3.8, 4) is 0 Å². The number of unbranched alkanes of at least 4 members (excludes halogenated alkanes) is 19. The lowest BCUT2D eigenvalue weighted by Gasteiger charge is -2.16. The Morgan fingerprint density at radius 3 is 1.25 bits per heavy atom. The van der Waals surface area contributed by atoms with Gasteiger partial charge in [-0.3, -0.25) is 4.79 Å². The first-order chi connectivity index (χ1) is 15.8. The fourth-order valence-electron chi connectivity index (χ4n) is 4.59. The second kappa shape index (κ2) is 26.7. The maximum absolute atomic E-state index is 12.5. The molecular formula is C30H60O2. The molecular weight excluding hydrogens is 392 g/mol. The molecule has 0 aliphatic carbocycles. The minimum Gasteiger partial charge on any atom is -0.465 e. The van der Waals surface area contributed by atoms with E-state index in [2.05, 4.69) is 20.8 Å². The molecule has 0 rings (SSSR count). The minimum atomic E-state index is 0.0849. The average molecular weight is 453 g/mol. The van der Waals surface area contributed by atoms with E-state index in [1.54, 1.807) is 0 Å². The van der Waals surface area contributed by atoms with Crippen molar-refractivity contribution < 1.29 is 9.53 Å². The van der Waals surface area contributed by atoms with Gasteiger partial charge in [-0.05, 0) is 19.3 Å². The van der Waals surface area contributed by atoms with Crippen molar-refractivity contribution in [3.05, 3.63) is 0 Å². The Hall–Kier alpha value is -0.530. The SMILES string of the molecule is CCCCCCCCCCCCCCCCOC(=O)C(CCCC)CCCCCCCC. The Balaban J connectivity index is 3.57. The van der Waals surface area contributed by atoms with Crippen molar-refractivity contribution in [1.82, 2.24) is 0 Å². The summed E-state index contributed by atoms with van der Waals surface area (Å²) in [7, 11) is 0. The van der Waals surface area contributed by atoms with Crippen molar-refractivity contribution in [2.75, 3.05) is 6.61 Å². The van der Waals surface area contributed by atoms with Crippen LogP contribution in [0.25, 0.3) is 0 Å². The summed E-state index contributed by atoms with van der Waals surface area (Å²) in [5.74, 6) is 0.231. The van der Waals surface area contributed by atoms with E-state index in [9.17, 15) is 4.79 Å². The Bertz CT molecular complexity index is 366. The molecule has 0 aromatic rings. The first-order valence-electron chi connectivity index (χ1n) is 14.9. The number of ether oxygens (including phenoxy) is 1. The molecule has 1 atom stereocenters. The van der Waals surface area contributed by atoms with Gasteiger partial charge in [0, 0.05) is 0 Å². The Morgan fingerprint density at radius 2 is 0.812 bits per heavy atom. The molecule has 2 heteroatoms. The summed E-state index contributed by atoms with van der Waals surface area (Å²) in [6.07, 6.45) is 31.2. The highest BCUT2D eigenvalue weighted by molar-refractivity contribution is 5.72. The third kappa shape index (κ3) is 22.7. The topological polar surface area (TPSA) is 26.3 Å². The van der Waals surface area contributed by atoms with Gasteiger partial charge >= 0.3 is 5.97 Å². The van der Waals surface area contributed by atoms with E-state index in [0.29, 0.717) is 6.61 Å². The van der Waals surface area contributed by atoms with Gasteiger partial charge < -0.3 is 4.74 Å².